The summed E-state index contributed by atoms with van der Waals surface area (Å²) in [6.45, 7) is 5.68. The van der Waals surface area contributed by atoms with Crippen molar-refractivity contribution in [1.82, 2.24) is 4.57 Å². The Kier molecular flexibility index (Phi) is 6.28. The lowest BCUT2D eigenvalue weighted by molar-refractivity contribution is -0.123. The van der Waals surface area contributed by atoms with Crippen LogP contribution in [0.25, 0.3) is 0 Å². The van der Waals surface area contributed by atoms with Crippen molar-refractivity contribution in [2.24, 2.45) is 0 Å². The first-order valence-corrected chi connectivity index (χ1v) is 9.58. The van der Waals surface area contributed by atoms with Gasteiger partial charge in [0.2, 0.25) is 0 Å². The van der Waals surface area contributed by atoms with Crippen molar-refractivity contribution in [2.45, 2.75) is 33.4 Å². The maximum Gasteiger partial charge on any atom is 0.340 e. The number of aromatic nitrogens is 1. The quantitative estimate of drug-likeness (QED) is 0.588. The summed E-state index contributed by atoms with van der Waals surface area (Å²) in [6, 6.07) is 11.9. The molecule has 7 nitrogen and oxygen atoms in total. The lowest BCUT2D eigenvalue weighted by atomic mass is 10.2. The number of aryl methyl sites for hydroxylation is 1. The molecule has 1 amide bonds. The number of anilines is 1. The van der Waals surface area contributed by atoms with Crippen LogP contribution in [0.5, 0.6) is 0 Å². The Balaban J connectivity index is 1.67. The van der Waals surface area contributed by atoms with Gasteiger partial charge in [-0.25, -0.2) is 4.79 Å². The zero-order chi connectivity index (χ0) is 21.8. The highest BCUT2D eigenvalue weighted by molar-refractivity contribution is 6.32. The van der Waals surface area contributed by atoms with Gasteiger partial charge in [0, 0.05) is 17.1 Å². The Morgan fingerprint density at radius 3 is 2.70 bits per heavy atom. The number of hydrogen-bond acceptors (Lipinski definition) is 5. The number of nitrogens with one attached hydrogen (secondary N) is 1. The van der Waals surface area contributed by atoms with Gasteiger partial charge < -0.3 is 19.0 Å². The second kappa shape index (κ2) is 8.89. The van der Waals surface area contributed by atoms with Crippen LogP contribution in [0.2, 0.25) is 5.02 Å². The van der Waals surface area contributed by atoms with Crippen LogP contribution in [0.15, 0.2) is 47.1 Å². The van der Waals surface area contributed by atoms with Gasteiger partial charge in [-0.1, -0.05) is 11.6 Å². The molecule has 0 aliphatic heterocycles. The standard InChI is InChI=1S/C22H20ClN3O4/c1-13-9-19(14(2)26(13)12-18-5-4-8-29-18)22(28)30-15(3)21(27)25-17-7-6-16(11-24)20(23)10-17/h4-10,15H,12H2,1-3H3,(H,25,27). The van der Waals surface area contributed by atoms with Crippen LogP contribution in [-0.4, -0.2) is 22.5 Å². The molecule has 8 heteroatoms. The van der Waals surface area contributed by atoms with Crippen LogP contribution < -0.4 is 5.32 Å². The maximum atomic E-state index is 12.6. The molecule has 0 saturated carbocycles. The Bertz CT molecular complexity index is 1130. The second-order valence-corrected chi connectivity index (χ2v) is 7.20. The molecular weight excluding hydrogens is 406 g/mol. The Hall–Kier alpha value is -3.50. The summed E-state index contributed by atoms with van der Waals surface area (Å²) in [6.07, 6.45) is 0.569. The third kappa shape index (κ3) is 4.56. The fraction of sp³-hybridized carbons (Fsp3) is 0.227. The van der Waals surface area contributed by atoms with E-state index < -0.39 is 18.0 Å². The summed E-state index contributed by atoms with van der Waals surface area (Å²) in [7, 11) is 0. The molecule has 0 aliphatic rings. The minimum Gasteiger partial charge on any atom is -0.467 e. The SMILES string of the molecule is Cc1cc(C(=O)OC(C)C(=O)Nc2ccc(C#N)c(Cl)c2)c(C)n1Cc1ccco1. The number of nitriles is 1. The minimum absolute atomic E-state index is 0.226. The van der Waals surface area contributed by atoms with Gasteiger partial charge in [0.25, 0.3) is 5.91 Å². The number of carbonyl (C=O) groups is 2. The number of carbonyl (C=O) groups excluding carboxylic acids is 2. The van der Waals surface area contributed by atoms with E-state index in [1.165, 1.54) is 19.1 Å². The van der Waals surface area contributed by atoms with Gasteiger partial charge >= 0.3 is 5.97 Å². The van der Waals surface area contributed by atoms with E-state index in [4.69, 9.17) is 26.0 Å². The number of nitrogens with zero attached hydrogens (tertiary/aromatic N) is 2. The number of benzene rings is 1. The first-order valence-electron chi connectivity index (χ1n) is 9.20. The van der Waals surface area contributed by atoms with Crippen LogP contribution in [0.1, 0.15) is 40.0 Å². The van der Waals surface area contributed by atoms with E-state index in [0.29, 0.717) is 23.4 Å². The number of furan rings is 1. The minimum atomic E-state index is -1.03. The third-order valence-electron chi connectivity index (χ3n) is 4.70. The van der Waals surface area contributed by atoms with Crippen molar-refractivity contribution in [1.29, 1.82) is 5.26 Å². The average molecular weight is 426 g/mol. The van der Waals surface area contributed by atoms with Crippen molar-refractivity contribution < 1.29 is 18.7 Å². The first kappa shape index (κ1) is 21.2. The molecule has 1 unspecified atom stereocenters. The Labute approximate surface area is 178 Å². The van der Waals surface area contributed by atoms with Crippen LogP contribution in [-0.2, 0) is 16.1 Å². The number of rotatable bonds is 6. The van der Waals surface area contributed by atoms with Gasteiger partial charge in [0.1, 0.15) is 11.8 Å². The molecule has 1 aromatic carbocycles. The molecule has 0 bridgehead atoms. The van der Waals surface area contributed by atoms with Crippen molar-refractivity contribution in [3.63, 3.8) is 0 Å². The summed E-state index contributed by atoms with van der Waals surface area (Å²) in [5.74, 6) is -0.326. The lowest BCUT2D eigenvalue weighted by Gasteiger charge is -2.14. The molecule has 3 aromatic rings. The topological polar surface area (TPSA) is 97.3 Å². The highest BCUT2D eigenvalue weighted by Gasteiger charge is 2.23. The molecule has 154 valence electrons. The number of esters is 1. The number of hydrogen-bond donors (Lipinski definition) is 1. The van der Waals surface area contributed by atoms with E-state index in [0.717, 1.165) is 17.1 Å². The van der Waals surface area contributed by atoms with Gasteiger partial charge in [-0.2, -0.15) is 5.26 Å². The molecule has 1 atom stereocenters. The van der Waals surface area contributed by atoms with E-state index in [1.807, 2.05) is 30.6 Å². The van der Waals surface area contributed by atoms with E-state index in [1.54, 1.807) is 24.5 Å². The highest BCUT2D eigenvalue weighted by Crippen LogP contribution is 2.21. The average Bonchev–Trinajstić information content (AvgIpc) is 3.32. The second-order valence-electron chi connectivity index (χ2n) is 6.79. The number of ether oxygens (including phenoxy) is 1. The van der Waals surface area contributed by atoms with E-state index >= 15 is 0 Å². The molecule has 0 aliphatic carbocycles. The fourth-order valence-electron chi connectivity index (χ4n) is 3.01. The third-order valence-corrected chi connectivity index (χ3v) is 5.01. The lowest BCUT2D eigenvalue weighted by Crippen LogP contribution is -2.30. The highest BCUT2D eigenvalue weighted by atomic mass is 35.5. The van der Waals surface area contributed by atoms with Crippen molar-refractivity contribution in [2.75, 3.05) is 5.32 Å². The zero-order valence-electron chi connectivity index (χ0n) is 16.7. The molecule has 3 rings (SSSR count). The molecule has 1 N–H and O–H groups in total. The van der Waals surface area contributed by atoms with Crippen LogP contribution in [0, 0.1) is 25.2 Å². The van der Waals surface area contributed by atoms with Gasteiger partial charge in [-0.15, -0.1) is 0 Å². The Morgan fingerprint density at radius 2 is 2.07 bits per heavy atom. The van der Waals surface area contributed by atoms with Crippen LogP contribution in [0.4, 0.5) is 5.69 Å². The molecule has 0 radical (unpaired) electrons. The molecule has 30 heavy (non-hydrogen) atoms. The predicted molar refractivity (Wildman–Crippen MR) is 111 cm³/mol. The molecular formula is C22H20ClN3O4. The van der Waals surface area contributed by atoms with E-state index in [2.05, 4.69) is 5.32 Å². The maximum absolute atomic E-state index is 12.6. The molecule has 2 aromatic heterocycles. The smallest absolute Gasteiger partial charge is 0.340 e. The van der Waals surface area contributed by atoms with Gasteiger partial charge in [-0.05, 0) is 57.2 Å². The molecule has 2 heterocycles. The zero-order valence-corrected chi connectivity index (χ0v) is 17.5. The largest absolute Gasteiger partial charge is 0.467 e. The number of amides is 1. The normalized spacial score (nSPS) is 11.6. The predicted octanol–water partition coefficient (Wildman–Crippen LogP) is 4.46. The summed E-state index contributed by atoms with van der Waals surface area (Å²) in [5.41, 5.74) is 2.70. The van der Waals surface area contributed by atoms with Crippen LogP contribution >= 0.6 is 11.6 Å². The Morgan fingerprint density at radius 1 is 1.30 bits per heavy atom. The fourth-order valence-corrected chi connectivity index (χ4v) is 3.24. The first-order chi connectivity index (χ1) is 14.3. The van der Waals surface area contributed by atoms with E-state index in [-0.39, 0.29) is 5.02 Å². The van der Waals surface area contributed by atoms with Gasteiger partial charge in [-0.3, -0.25) is 4.79 Å². The van der Waals surface area contributed by atoms with Crippen molar-refractivity contribution in [3.05, 3.63) is 76.0 Å². The summed E-state index contributed by atoms with van der Waals surface area (Å²) in [4.78, 5) is 25.0. The molecule has 0 saturated heterocycles. The summed E-state index contributed by atoms with van der Waals surface area (Å²) < 4.78 is 12.7. The molecule has 0 spiro atoms. The summed E-state index contributed by atoms with van der Waals surface area (Å²) in [5, 5.41) is 11.8. The van der Waals surface area contributed by atoms with E-state index in [9.17, 15) is 9.59 Å². The number of halogens is 1. The monoisotopic (exact) mass is 425 g/mol. The summed E-state index contributed by atoms with van der Waals surface area (Å²) >= 11 is 5.97. The van der Waals surface area contributed by atoms with Crippen LogP contribution in [0.3, 0.4) is 0 Å². The van der Waals surface area contributed by atoms with Crippen molar-refractivity contribution >= 4 is 29.2 Å². The van der Waals surface area contributed by atoms with Gasteiger partial charge in [0.15, 0.2) is 6.10 Å². The molecule has 0 fully saturated rings. The van der Waals surface area contributed by atoms with Crippen molar-refractivity contribution in [3.8, 4) is 6.07 Å². The van der Waals surface area contributed by atoms with Gasteiger partial charge in [0.05, 0.1) is 29.0 Å².